The zero-order chi connectivity index (χ0) is 19.8. The summed E-state index contributed by atoms with van der Waals surface area (Å²) in [6.07, 6.45) is 0.426. The quantitative estimate of drug-likeness (QED) is 0.552. The summed E-state index contributed by atoms with van der Waals surface area (Å²) in [5.74, 6) is 1.82. The fourth-order valence-electron chi connectivity index (χ4n) is 3.17. The monoisotopic (exact) mass is 398 g/mol. The number of nitrogens with one attached hydrogen (secondary N) is 2. The summed E-state index contributed by atoms with van der Waals surface area (Å²) in [5, 5.41) is 6.50. The molecule has 7 heteroatoms. The highest BCUT2D eigenvalue weighted by molar-refractivity contribution is 7.84. The summed E-state index contributed by atoms with van der Waals surface area (Å²) in [6.45, 7) is 1.16. The van der Waals surface area contributed by atoms with Crippen LogP contribution in [-0.4, -0.2) is 48.0 Å². The molecule has 1 saturated heterocycles. The number of benzene rings is 2. The van der Waals surface area contributed by atoms with Crippen LogP contribution in [0.2, 0.25) is 0 Å². The largest absolute Gasteiger partial charge is 0.355 e. The maximum atomic E-state index is 12.3. The number of amides is 1. The number of hydrogen-bond acceptors (Lipinski definition) is 3. The molecule has 1 aliphatic rings. The van der Waals surface area contributed by atoms with Crippen LogP contribution >= 0.6 is 0 Å². The molecule has 2 N–H and O–H groups in total. The van der Waals surface area contributed by atoms with Crippen molar-refractivity contribution < 1.29 is 9.00 Å². The Kier molecular flexibility index (Phi) is 7.19. The third-order valence-electron chi connectivity index (χ3n) is 4.55. The minimum absolute atomic E-state index is 0.00581. The second-order valence-corrected chi connectivity index (χ2v) is 8.23. The number of carbonyl (C=O) groups is 1. The van der Waals surface area contributed by atoms with Crippen LogP contribution in [0.5, 0.6) is 0 Å². The molecular formula is C21H26N4O2S. The van der Waals surface area contributed by atoms with E-state index in [4.69, 9.17) is 0 Å². The molecule has 28 heavy (non-hydrogen) atoms. The lowest BCUT2D eigenvalue weighted by molar-refractivity contribution is -0.117. The van der Waals surface area contributed by atoms with Crippen LogP contribution in [0, 0.1) is 0 Å². The third-order valence-corrected chi connectivity index (χ3v) is 5.86. The Bertz CT molecular complexity index is 827. The minimum atomic E-state index is -0.937. The molecule has 1 heterocycles. The Hall–Kier alpha value is -2.67. The molecular weight excluding hydrogens is 372 g/mol. The highest BCUT2D eigenvalue weighted by atomic mass is 32.2. The van der Waals surface area contributed by atoms with Gasteiger partial charge in [-0.3, -0.25) is 14.0 Å². The summed E-state index contributed by atoms with van der Waals surface area (Å²) in [4.78, 5) is 18.3. The third kappa shape index (κ3) is 5.66. The number of nitrogens with zero attached hydrogens (tertiary/aromatic N) is 2. The van der Waals surface area contributed by atoms with E-state index in [0.717, 1.165) is 11.3 Å². The number of aliphatic imine (C=N–C) groups is 1. The van der Waals surface area contributed by atoms with Gasteiger partial charge in [-0.2, -0.15) is 0 Å². The van der Waals surface area contributed by atoms with E-state index >= 15 is 0 Å². The van der Waals surface area contributed by atoms with E-state index in [0.29, 0.717) is 37.0 Å². The molecule has 0 saturated carbocycles. The Morgan fingerprint density at radius 1 is 1.14 bits per heavy atom. The average Bonchev–Trinajstić information content (AvgIpc) is 3.08. The van der Waals surface area contributed by atoms with E-state index in [1.54, 1.807) is 11.9 Å². The van der Waals surface area contributed by atoms with Gasteiger partial charge in [0.25, 0.3) is 0 Å². The maximum Gasteiger partial charge on any atom is 0.229 e. The van der Waals surface area contributed by atoms with Crippen LogP contribution in [0.4, 0.5) is 5.69 Å². The smallest absolute Gasteiger partial charge is 0.229 e. The molecule has 2 unspecified atom stereocenters. The lowest BCUT2D eigenvalue weighted by Gasteiger charge is -2.19. The zero-order valence-electron chi connectivity index (χ0n) is 16.0. The van der Waals surface area contributed by atoms with Crippen LogP contribution in [-0.2, 0) is 21.3 Å². The van der Waals surface area contributed by atoms with Crippen molar-refractivity contribution in [1.29, 1.82) is 0 Å². The molecule has 2 aromatic rings. The fourth-order valence-corrected chi connectivity index (χ4v) is 4.20. The van der Waals surface area contributed by atoms with Gasteiger partial charge < -0.3 is 15.5 Å². The maximum absolute atomic E-state index is 12.3. The first-order valence-corrected chi connectivity index (χ1v) is 10.9. The van der Waals surface area contributed by atoms with Gasteiger partial charge in [0.15, 0.2) is 5.96 Å². The number of rotatable bonds is 7. The Morgan fingerprint density at radius 2 is 1.82 bits per heavy atom. The van der Waals surface area contributed by atoms with E-state index in [1.165, 1.54) is 0 Å². The van der Waals surface area contributed by atoms with Gasteiger partial charge in [0.1, 0.15) is 0 Å². The van der Waals surface area contributed by atoms with Crippen molar-refractivity contribution in [1.82, 2.24) is 10.6 Å². The molecule has 1 aliphatic heterocycles. The van der Waals surface area contributed by atoms with E-state index < -0.39 is 10.8 Å². The van der Waals surface area contributed by atoms with Gasteiger partial charge in [0.05, 0.1) is 6.04 Å². The van der Waals surface area contributed by atoms with Gasteiger partial charge in [-0.25, -0.2) is 0 Å². The first kappa shape index (κ1) is 20.1. The molecule has 148 valence electrons. The predicted octanol–water partition coefficient (Wildman–Crippen LogP) is 1.91. The highest BCUT2D eigenvalue weighted by Crippen LogP contribution is 2.20. The van der Waals surface area contributed by atoms with Gasteiger partial charge in [0.2, 0.25) is 5.91 Å². The Morgan fingerprint density at radius 3 is 2.50 bits per heavy atom. The zero-order valence-corrected chi connectivity index (χ0v) is 16.8. The van der Waals surface area contributed by atoms with Crippen molar-refractivity contribution in [3.05, 3.63) is 66.2 Å². The van der Waals surface area contributed by atoms with E-state index in [-0.39, 0.29) is 11.9 Å². The van der Waals surface area contributed by atoms with Crippen LogP contribution in [0.3, 0.4) is 0 Å². The molecule has 2 atom stereocenters. The van der Waals surface area contributed by atoms with Crippen molar-refractivity contribution in [2.75, 3.05) is 30.8 Å². The molecule has 1 fully saturated rings. The summed E-state index contributed by atoms with van der Waals surface area (Å²) < 4.78 is 12.2. The second-order valence-electron chi connectivity index (χ2n) is 6.66. The first-order valence-electron chi connectivity index (χ1n) is 9.37. The normalized spacial score (nSPS) is 18.2. The molecule has 6 nitrogen and oxygen atoms in total. The van der Waals surface area contributed by atoms with Gasteiger partial charge >= 0.3 is 0 Å². The van der Waals surface area contributed by atoms with Gasteiger partial charge in [-0.15, -0.1) is 0 Å². The molecule has 3 rings (SSSR count). The van der Waals surface area contributed by atoms with Crippen molar-refractivity contribution >= 4 is 28.4 Å². The van der Waals surface area contributed by atoms with Crippen LogP contribution in [0.25, 0.3) is 0 Å². The van der Waals surface area contributed by atoms with Crippen molar-refractivity contribution in [2.45, 2.75) is 18.2 Å². The Balaban J connectivity index is 1.43. The lowest BCUT2D eigenvalue weighted by Crippen LogP contribution is -2.45. The summed E-state index contributed by atoms with van der Waals surface area (Å²) in [6, 6.07) is 19.5. The first-order chi connectivity index (χ1) is 13.7. The molecule has 2 aromatic carbocycles. The SMILES string of the molecule is CN=C(NCCS(=O)Cc1ccccc1)NC1CC(=O)N(c2ccccc2)C1. The summed E-state index contributed by atoms with van der Waals surface area (Å²) >= 11 is 0. The predicted molar refractivity (Wildman–Crippen MR) is 115 cm³/mol. The van der Waals surface area contributed by atoms with Crippen LogP contribution in [0.15, 0.2) is 65.7 Å². The van der Waals surface area contributed by atoms with Crippen molar-refractivity contribution in [2.24, 2.45) is 4.99 Å². The van der Waals surface area contributed by atoms with E-state index in [9.17, 15) is 9.00 Å². The molecule has 0 bridgehead atoms. The van der Waals surface area contributed by atoms with E-state index in [2.05, 4.69) is 15.6 Å². The Labute approximate surface area is 168 Å². The number of carbonyl (C=O) groups excluding carboxylic acids is 1. The summed E-state index contributed by atoms with van der Waals surface area (Å²) in [5.41, 5.74) is 1.99. The van der Waals surface area contributed by atoms with Crippen LogP contribution < -0.4 is 15.5 Å². The highest BCUT2D eigenvalue weighted by Gasteiger charge is 2.30. The number of para-hydroxylation sites is 1. The van der Waals surface area contributed by atoms with Crippen molar-refractivity contribution in [3.8, 4) is 0 Å². The molecule has 1 amide bonds. The van der Waals surface area contributed by atoms with Crippen LogP contribution in [0.1, 0.15) is 12.0 Å². The molecule has 0 radical (unpaired) electrons. The number of hydrogen-bond donors (Lipinski definition) is 2. The van der Waals surface area contributed by atoms with Gasteiger partial charge in [0, 0.05) is 54.6 Å². The standard InChI is InChI=1S/C21H26N4O2S/c1-22-21(23-12-13-28(27)16-17-8-4-2-5-9-17)24-18-14-20(26)25(15-18)19-10-6-3-7-11-19/h2-11,18H,12-16H2,1H3,(H2,22,23,24). The fraction of sp³-hybridized carbons (Fsp3) is 0.333. The summed E-state index contributed by atoms with van der Waals surface area (Å²) in [7, 11) is 0.759. The number of anilines is 1. The lowest BCUT2D eigenvalue weighted by atomic mass is 10.2. The molecule has 0 aromatic heterocycles. The molecule has 0 spiro atoms. The van der Waals surface area contributed by atoms with E-state index in [1.807, 2.05) is 60.7 Å². The van der Waals surface area contributed by atoms with Crippen molar-refractivity contribution in [3.63, 3.8) is 0 Å². The molecule has 0 aliphatic carbocycles. The van der Waals surface area contributed by atoms with Gasteiger partial charge in [-0.05, 0) is 17.7 Å². The average molecular weight is 399 g/mol. The number of guanidine groups is 1. The minimum Gasteiger partial charge on any atom is -0.355 e. The second kappa shape index (κ2) is 10.0. The topological polar surface area (TPSA) is 73.8 Å². The van der Waals surface area contributed by atoms with Gasteiger partial charge in [-0.1, -0.05) is 48.5 Å².